The average Bonchev–Trinajstić information content (AvgIpc) is 1.86. The first-order chi connectivity index (χ1) is 5.31. The van der Waals surface area contributed by atoms with Crippen molar-refractivity contribution in [2.24, 2.45) is 0 Å². The van der Waals surface area contributed by atoms with E-state index in [1.807, 2.05) is 11.8 Å². The summed E-state index contributed by atoms with van der Waals surface area (Å²) < 4.78 is 0.570. The highest BCUT2D eigenvalue weighted by atomic mass is 32.2. The second-order valence-corrected chi connectivity index (χ2v) is 7.43. The van der Waals surface area contributed by atoms with Gasteiger partial charge in [0.15, 0.2) is 0 Å². The SMILES string of the molecule is CC1(C)CCC(O)CC(C)(C)S1. The van der Waals surface area contributed by atoms with Gasteiger partial charge in [0.1, 0.15) is 0 Å². The minimum Gasteiger partial charge on any atom is -0.393 e. The molecule has 1 N–H and O–H groups in total. The molecule has 1 atom stereocenters. The standard InChI is InChI=1S/C10H20OS/c1-9(2)6-5-8(11)7-10(3,4)12-9/h8,11H,5-7H2,1-4H3. The Morgan fingerprint density at radius 1 is 1.17 bits per heavy atom. The third kappa shape index (κ3) is 2.98. The van der Waals surface area contributed by atoms with E-state index >= 15 is 0 Å². The van der Waals surface area contributed by atoms with Crippen LogP contribution in [0.1, 0.15) is 47.0 Å². The molecule has 0 aromatic carbocycles. The average molecular weight is 188 g/mol. The molecule has 12 heavy (non-hydrogen) atoms. The van der Waals surface area contributed by atoms with Crippen molar-refractivity contribution in [3.05, 3.63) is 0 Å². The van der Waals surface area contributed by atoms with Gasteiger partial charge in [0.2, 0.25) is 0 Å². The Morgan fingerprint density at radius 2 is 1.75 bits per heavy atom. The van der Waals surface area contributed by atoms with Crippen molar-refractivity contribution in [1.29, 1.82) is 0 Å². The van der Waals surface area contributed by atoms with Crippen LogP contribution >= 0.6 is 11.8 Å². The van der Waals surface area contributed by atoms with Gasteiger partial charge in [0, 0.05) is 9.49 Å². The van der Waals surface area contributed by atoms with E-state index in [0.717, 1.165) is 19.3 Å². The van der Waals surface area contributed by atoms with Gasteiger partial charge in [-0.3, -0.25) is 0 Å². The first-order valence-electron chi connectivity index (χ1n) is 4.69. The Bertz CT molecular complexity index is 163. The fourth-order valence-electron chi connectivity index (χ4n) is 2.02. The van der Waals surface area contributed by atoms with Crippen LogP contribution in [0.2, 0.25) is 0 Å². The van der Waals surface area contributed by atoms with Crippen LogP contribution in [0.4, 0.5) is 0 Å². The molecule has 1 heterocycles. The number of aliphatic hydroxyl groups is 1. The summed E-state index contributed by atoms with van der Waals surface area (Å²) >= 11 is 2.01. The Morgan fingerprint density at radius 3 is 2.33 bits per heavy atom. The van der Waals surface area contributed by atoms with E-state index in [4.69, 9.17) is 0 Å². The molecule has 0 amide bonds. The summed E-state index contributed by atoms with van der Waals surface area (Å²) in [6.45, 7) is 9.01. The third-order valence-corrected chi connectivity index (χ3v) is 3.84. The van der Waals surface area contributed by atoms with Gasteiger partial charge in [-0.25, -0.2) is 0 Å². The molecule has 1 fully saturated rings. The summed E-state index contributed by atoms with van der Waals surface area (Å²) in [6.07, 6.45) is 2.93. The number of rotatable bonds is 0. The molecule has 0 bridgehead atoms. The Labute approximate surface area is 79.9 Å². The molecule has 1 unspecified atom stereocenters. The maximum Gasteiger partial charge on any atom is 0.0553 e. The van der Waals surface area contributed by atoms with Crippen molar-refractivity contribution in [2.45, 2.75) is 62.6 Å². The van der Waals surface area contributed by atoms with Crippen molar-refractivity contribution in [3.63, 3.8) is 0 Å². The van der Waals surface area contributed by atoms with E-state index in [9.17, 15) is 5.11 Å². The van der Waals surface area contributed by atoms with Gasteiger partial charge >= 0.3 is 0 Å². The van der Waals surface area contributed by atoms with Crippen LogP contribution in [0.25, 0.3) is 0 Å². The lowest BCUT2D eigenvalue weighted by Crippen LogP contribution is -2.24. The Kier molecular flexibility index (Phi) is 2.79. The topological polar surface area (TPSA) is 20.2 Å². The van der Waals surface area contributed by atoms with Crippen LogP contribution in [-0.4, -0.2) is 20.7 Å². The fourth-order valence-corrected chi connectivity index (χ4v) is 4.02. The van der Waals surface area contributed by atoms with Crippen LogP contribution in [-0.2, 0) is 0 Å². The lowest BCUT2D eigenvalue weighted by Gasteiger charge is -2.31. The van der Waals surface area contributed by atoms with E-state index in [1.54, 1.807) is 0 Å². The van der Waals surface area contributed by atoms with Gasteiger partial charge in [-0.05, 0) is 19.3 Å². The van der Waals surface area contributed by atoms with Crippen LogP contribution in [0.3, 0.4) is 0 Å². The third-order valence-electron chi connectivity index (χ3n) is 2.36. The molecule has 0 aromatic heterocycles. The van der Waals surface area contributed by atoms with Crippen LogP contribution in [0.5, 0.6) is 0 Å². The van der Waals surface area contributed by atoms with E-state index < -0.39 is 0 Å². The lowest BCUT2D eigenvalue weighted by molar-refractivity contribution is 0.144. The van der Waals surface area contributed by atoms with E-state index in [0.29, 0.717) is 4.75 Å². The molecule has 1 saturated heterocycles. The van der Waals surface area contributed by atoms with Gasteiger partial charge in [0.05, 0.1) is 6.10 Å². The monoisotopic (exact) mass is 188 g/mol. The van der Waals surface area contributed by atoms with Crippen molar-refractivity contribution < 1.29 is 5.11 Å². The van der Waals surface area contributed by atoms with Gasteiger partial charge < -0.3 is 5.11 Å². The molecule has 0 radical (unpaired) electrons. The number of thioether (sulfide) groups is 1. The van der Waals surface area contributed by atoms with Crippen molar-refractivity contribution in [2.75, 3.05) is 0 Å². The second-order valence-electron chi connectivity index (χ2n) is 5.02. The number of hydrogen-bond donors (Lipinski definition) is 1. The van der Waals surface area contributed by atoms with Gasteiger partial charge in [-0.1, -0.05) is 27.7 Å². The van der Waals surface area contributed by atoms with Gasteiger partial charge in [0.25, 0.3) is 0 Å². The molecule has 0 aromatic rings. The molecule has 0 aliphatic carbocycles. The molecular formula is C10H20OS. The summed E-state index contributed by atoms with van der Waals surface area (Å²) in [5.74, 6) is 0. The zero-order valence-electron chi connectivity index (χ0n) is 8.55. The normalized spacial score (nSPS) is 34.2. The molecule has 0 saturated carbocycles. The van der Waals surface area contributed by atoms with E-state index in [-0.39, 0.29) is 10.9 Å². The lowest BCUT2D eigenvalue weighted by atomic mass is 9.99. The summed E-state index contributed by atoms with van der Waals surface area (Å²) in [7, 11) is 0. The van der Waals surface area contributed by atoms with Gasteiger partial charge in [-0.15, -0.1) is 11.8 Å². The quantitative estimate of drug-likeness (QED) is 0.631. The summed E-state index contributed by atoms with van der Waals surface area (Å²) in [5.41, 5.74) is 0. The molecule has 1 aliphatic heterocycles. The molecule has 1 aliphatic rings. The largest absolute Gasteiger partial charge is 0.393 e. The summed E-state index contributed by atoms with van der Waals surface area (Å²) in [5, 5.41) is 9.64. The predicted octanol–water partition coefficient (Wildman–Crippen LogP) is 2.82. The highest BCUT2D eigenvalue weighted by Gasteiger charge is 2.34. The molecule has 72 valence electrons. The maximum atomic E-state index is 9.64. The highest BCUT2D eigenvalue weighted by molar-refractivity contribution is 8.01. The maximum absolute atomic E-state index is 9.64. The zero-order valence-corrected chi connectivity index (χ0v) is 9.37. The van der Waals surface area contributed by atoms with E-state index in [2.05, 4.69) is 27.7 Å². The summed E-state index contributed by atoms with van der Waals surface area (Å²) in [6, 6.07) is 0. The van der Waals surface area contributed by atoms with Crippen LogP contribution < -0.4 is 0 Å². The number of aliphatic hydroxyl groups excluding tert-OH is 1. The van der Waals surface area contributed by atoms with Crippen molar-refractivity contribution in [3.8, 4) is 0 Å². The minimum absolute atomic E-state index is 0.0886. The van der Waals surface area contributed by atoms with E-state index in [1.165, 1.54) is 0 Å². The molecule has 1 rings (SSSR count). The summed E-state index contributed by atoms with van der Waals surface area (Å²) in [4.78, 5) is 0. The van der Waals surface area contributed by atoms with Crippen molar-refractivity contribution >= 4 is 11.8 Å². The van der Waals surface area contributed by atoms with Gasteiger partial charge in [-0.2, -0.15) is 0 Å². The minimum atomic E-state index is -0.0886. The first-order valence-corrected chi connectivity index (χ1v) is 5.51. The predicted molar refractivity (Wildman–Crippen MR) is 55.6 cm³/mol. The fraction of sp³-hybridized carbons (Fsp3) is 1.00. The van der Waals surface area contributed by atoms with Crippen molar-refractivity contribution in [1.82, 2.24) is 0 Å². The first kappa shape index (κ1) is 10.4. The zero-order chi connectivity index (χ0) is 9.41. The molecule has 0 spiro atoms. The van der Waals surface area contributed by atoms with Crippen LogP contribution in [0.15, 0.2) is 0 Å². The molecule has 1 nitrogen and oxygen atoms in total. The Hall–Kier alpha value is 0.310. The second kappa shape index (κ2) is 3.22. The number of hydrogen-bond acceptors (Lipinski definition) is 2. The smallest absolute Gasteiger partial charge is 0.0553 e. The molecule has 2 heteroatoms. The van der Waals surface area contributed by atoms with Crippen LogP contribution in [0, 0.1) is 0 Å². The Balaban J connectivity index is 2.69. The highest BCUT2D eigenvalue weighted by Crippen LogP contribution is 2.45. The molecular weight excluding hydrogens is 168 g/mol.